The monoisotopic (exact) mass is 415 g/mol. The summed E-state index contributed by atoms with van der Waals surface area (Å²) in [7, 11) is 0. The number of nitrogens with zero attached hydrogens (tertiary/aromatic N) is 1. The number of carbonyl (C=O) groups excluding carboxylic acids is 2. The molecule has 0 aliphatic rings. The minimum atomic E-state index is -0.344. The van der Waals surface area contributed by atoms with E-state index in [1.54, 1.807) is 26.0 Å². The first-order valence-electron chi connectivity index (χ1n) is 10.3. The number of esters is 2. The Morgan fingerprint density at radius 1 is 0.900 bits per heavy atom. The van der Waals surface area contributed by atoms with Gasteiger partial charge in [-0.15, -0.1) is 0 Å². The average Bonchev–Trinajstić information content (AvgIpc) is 2.74. The van der Waals surface area contributed by atoms with Crippen LogP contribution in [-0.2, 0) is 19.1 Å². The second kappa shape index (κ2) is 12.1. The van der Waals surface area contributed by atoms with Crippen molar-refractivity contribution in [3.8, 4) is 0 Å². The summed E-state index contributed by atoms with van der Waals surface area (Å²) in [5, 5.41) is 0. The lowest BCUT2D eigenvalue weighted by Gasteiger charge is -2.36. The first kappa shape index (κ1) is 23.5. The molecule has 30 heavy (non-hydrogen) atoms. The fourth-order valence-corrected chi connectivity index (χ4v) is 3.49. The molecule has 0 amide bonds. The molecule has 0 saturated heterocycles. The van der Waals surface area contributed by atoms with Crippen molar-refractivity contribution in [1.29, 1.82) is 0 Å². The predicted octanol–water partition coefficient (Wildman–Crippen LogP) is 4.84. The van der Waals surface area contributed by atoms with Crippen molar-refractivity contribution >= 4 is 11.9 Å². The van der Waals surface area contributed by atoms with Gasteiger partial charge in [0.2, 0.25) is 0 Å². The Hall–Kier alpha value is -2.73. The highest BCUT2D eigenvalue weighted by molar-refractivity contribution is 5.72. The van der Waals surface area contributed by atoms with Crippen LogP contribution in [0.4, 0.5) is 4.39 Å². The van der Waals surface area contributed by atoms with E-state index in [4.69, 9.17) is 9.47 Å². The summed E-state index contributed by atoms with van der Waals surface area (Å²) in [5.74, 6) is -0.979. The van der Waals surface area contributed by atoms with Gasteiger partial charge < -0.3 is 9.47 Å². The molecule has 2 rings (SSSR count). The molecular formula is C24H30FNO4. The summed E-state index contributed by atoms with van der Waals surface area (Å²) < 4.78 is 23.8. The molecule has 2 aromatic carbocycles. The molecule has 0 fully saturated rings. The van der Waals surface area contributed by atoms with Crippen LogP contribution in [0.25, 0.3) is 0 Å². The van der Waals surface area contributed by atoms with E-state index in [1.165, 1.54) is 12.1 Å². The van der Waals surface area contributed by atoms with Crippen LogP contribution < -0.4 is 0 Å². The van der Waals surface area contributed by atoms with E-state index in [1.807, 2.05) is 42.2 Å². The number of benzene rings is 2. The summed E-state index contributed by atoms with van der Waals surface area (Å²) in [5.41, 5.74) is 1.86. The van der Waals surface area contributed by atoms with Gasteiger partial charge >= 0.3 is 11.9 Å². The van der Waals surface area contributed by atoms with E-state index in [-0.39, 0.29) is 49.4 Å². The van der Waals surface area contributed by atoms with E-state index in [0.717, 1.165) is 11.1 Å². The van der Waals surface area contributed by atoms with Gasteiger partial charge in [0.15, 0.2) is 0 Å². The van der Waals surface area contributed by atoms with Gasteiger partial charge in [0.25, 0.3) is 0 Å². The molecule has 162 valence electrons. The van der Waals surface area contributed by atoms with Crippen LogP contribution in [-0.4, -0.2) is 36.6 Å². The Morgan fingerprint density at radius 2 is 1.50 bits per heavy atom. The van der Waals surface area contributed by atoms with Gasteiger partial charge in [0.1, 0.15) is 5.82 Å². The third-order valence-corrected chi connectivity index (χ3v) is 4.98. The summed E-state index contributed by atoms with van der Waals surface area (Å²) >= 11 is 0. The second-order valence-corrected chi connectivity index (χ2v) is 6.98. The number of halogens is 1. The topological polar surface area (TPSA) is 55.8 Å². The molecule has 2 unspecified atom stereocenters. The standard InChI is InChI=1S/C24H30FNO4/c1-4-29-23(27)16-15-22(20-11-13-21(25)14-12-20)26(17-24(28)30-5-2)18(3)19-9-7-6-8-10-19/h6-14,18,22H,4-5,15-17H2,1-3H3. The van der Waals surface area contributed by atoms with Crippen molar-refractivity contribution in [3.05, 3.63) is 71.5 Å². The minimum Gasteiger partial charge on any atom is -0.466 e. The lowest BCUT2D eigenvalue weighted by molar-refractivity contribution is -0.146. The zero-order chi connectivity index (χ0) is 21.9. The van der Waals surface area contributed by atoms with E-state index < -0.39 is 0 Å². The Kier molecular flexibility index (Phi) is 9.48. The van der Waals surface area contributed by atoms with E-state index in [9.17, 15) is 14.0 Å². The van der Waals surface area contributed by atoms with E-state index >= 15 is 0 Å². The van der Waals surface area contributed by atoms with Gasteiger partial charge in [-0.3, -0.25) is 14.5 Å². The smallest absolute Gasteiger partial charge is 0.320 e. The fourth-order valence-electron chi connectivity index (χ4n) is 3.49. The molecule has 0 aromatic heterocycles. The molecule has 0 bridgehead atoms. The molecule has 0 aliphatic carbocycles. The van der Waals surface area contributed by atoms with Crippen LogP contribution in [0.3, 0.4) is 0 Å². The highest BCUT2D eigenvalue weighted by atomic mass is 19.1. The molecule has 0 N–H and O–H groups in total. The highest BCUT2D eigenvalue weighted by Crippen LogP contribution is 2.34. The van der Waals surface area contributed by atoms with Gasteiger partial charge in [-0.1, -0.05) is 42.5 Å². The van der Waals surface area contributed by atoms with Gasteiger partial charge in [0.05, 0.1) is 19.8 Å². The summed E-state index contributed by atoms with van der Waals surface area (Å²) in [6.07, 6.45) is 0.623. The van der Waals surface area contributed by atoms with Crippen LogP contribution >= 0.6 is 0 Å². The molecule has 6 heteroatoms. The van der Waals surface area contributed by atoms with Crippen molar-refractivity contribution in [1.82, 2.24) is 4.90 Å². The van der Waals surface area contributed by atoms with E-state index in [0.29, 0.717) is 13.0 Å². The summed E-state index contributed by atoms with van der Waals surface area (Å²) in [6, 6.07) is 15.6. The molecule has 0 spiro atoms. The van der Waals surface area contributed by atoms with Gasteiger partial charge in [0, 0.05) is 18.5 Å². The minimum absolute atomic E-state index is 0.0504. The molecule has 0 aliphatic heterocycles. The van der Waals surface area contributed by atoms with Crippen molar-refractivity contribution in [3.63, 3.8) is 0 Å². The van der Waals surface area contributed by atoms with Crippen molar-refractivity contribution in [2.24, 2.45) is 0 Å². The second-order valence-electron chi connectivity index (χ2n) is 6.98. The number of hydrogen-bond acceptors (Lipinski definition) is 5. The largest absolute Gasteiger partial charge is 0.466 e. The Morgan fingerprint density at radius 3 is 2.10 bits per heavy atom. The quantitative estimate of drug-likeness (QED) is 0.492. The zero-order valence-corrected chi connectivity index (χ0v) is 17.8. The maximum absolute atomic E-state index is 13.5. The maximum Gasteiger partial charge on any atom is 0.320 e. The lowest BCUT2D eigenvalue weighted by Crippen LogP contribution is -2.37. The number of rotatable bonds is 11. The summed E-state index contributed by atoms with van der Waals surface area (Å²) in [6.45, 7) is 6.19. The third kappa shape index (κ3) is 6.95. The summed E-state index contributed by atoms with van der Waals surface area (Å²) in [4.78, 5) is 26.4. The van der Waals surface area contributed by atoms with Crippen LogP contribution in [0.5, 0.6) is 0 Å². The highest BCUT2D eigenvalue weighted by Gasteiger charge is 2.29. The SMILES string of the molecule is CCOC(=O)CCC(c1ccc(F)cc1)N(CC(=O)OCC)C(C)c1ccccc1. The van der Waals surface area contributed by atoms with Crippen LogP contribution in [0.1, 0.15) is 56.8 Å². The Balaban J connectivity index is 2.39. The third-order valence-electron chi connectivity index (χ3n) is 4.98. The molecule has 5 nitrogen and oxygen atoms in total. The predicted molar refractivity (Wildman–Crippen MR) is 113 cm³/mol. The normalized spacial score (nSPS) is 13.0. The van der Waals surface area contributed by atoms with Crippen molar-refractivity contribution < 1.29 is 23.5 Å². The number of hydrogen-bond donors (Lipinski definition) is 0. The molecule has 2 atom stereocenters. The maximum atomic E-state index is 13.5. The van der Waals surface area contributed by atoms with Crippen LogP contribution in [0, 0.1) is 5.82 Å². The van der Waals surface area contributed by atoms with Gasteiger partial charge in [-0.25, -0.2) is 4.39 Å². The Labute approximate surface area is 177 Å². The first-order valence-corrected chi connectivity index (χ1v) is 10.3. The number of ether oxygens (including phenoxy) is 2. The fraction of sp³-hybridized carbons (Fsp3) is 0.417. The van der Waals surface area contributed by atoms with Crippen LogP contribution in [0.15, 0.2) is 54.6 Å². The van der Waals surface area contributed by atoms with Crippen molar-refractivity contribution in [2.45, 2.75) is 45.7 Å². The molecular weight excluding hydrogens is 385 g/mol. The zero-order valence-electron chi connectivity index (χ0n) is 17.8. The van der Waals surface area contributed by atoms with E-state index in [2.05, 4.69) is 0 Å². The first-order chi connectivity index (χ1) is 14.5. The number of carbonyl (C=O) groups is 2. The molecule has 2 aromatic rings. The van der Waals surface area contributed by atoms with Gasteiger partial charge in [-0.05, 0) is 50.5 Å². The van der Waals surface area contributed by atoms with Crippen molar-refractivity contribution in [2.75, 3.05) is 19.8 Å². The Bertz CT molecular complexity index is 795. The van der Waals surface area contributed by atoms with Gasteiger partial charge in [-0.2, -0.15) is 0 Å². The molecule has 0 heterocycles. The average molecular weight is 416 g/mol. The molecule has 0 radical (unpaired) electrons. The molecule has 0 saturated carbocycles. The lowest BCUT2D eigenvalue weighted by atomic mass is 9.96. The van der Waals surface area contributed by atoms with Crippen LogP contribution in [0.2, 0.25) is 0 Å².